The number of ether oxygens (including phenoxy) is 7. The third-order valence-electron chi connectivity index (χ3n) is 10.0. The molecule has 0 aromatic heterocycles. The van der Waals surface area contributed by atoms with Gasteiger partial charge in [-0.15, -0.1) is 0 Å². The SMILES string of the molecule is CC[C@H]1OC(=O)[C@H](C)C(=O)[C@H](C)[C@@H](O[C@@H]2O[C@H](C)C[C@H](N(C)C)[C@H]2OC(C)=O)[C@@](C)(OC)C[C@@H](C)C(=O)[C@H](C)[C@H]2OC(=O)O[C@@]21C. The minimum atomic E-state index is -1.46. The van der Waals surface area contributed by atoms with E-state index in [2.05, 4.69) is 0 Å². The number of esters is 2. The fourth-order valence-corrected chi connectivity index (χ4v) is 7.35. The molecule has 0 spiro atoms. The van der Waals surface area contributed by atoms with E-state index >= 15 is 0 Å². The largest absolute Gasteiger partial charge is 0.509 e. The van der Waals surface area contributed by atoms with Crippen LogP contribution in [0.2, 0.25) is 0 Å². The molecule has 46 heavy (non-hydrogen) atoms. The number of likely N-dealkylation sites (N-methyl/N-ethyl adjacent to an activating group) is 1. The summed E-state index contributed by atoms with van der Waals surface area (Å²) >= 11 is 0. The van der Waals surface area contributed by atoms with Crippen LogP contribution in [0.25, 0.3) is 0 Å². The monoisotopic (exact) mass is 655 g/mol. The van der Waals surface area contributed by atoms with Gasteiger partial charge in [-0.1, -0.05) is 27.7 Å². The van der Waals surface area contributed by atoms with Crippen LogP contribution >= 0.6 is 0 Å². The van der Waals surface area contributed by atoms with Crippen LogP contribution < -0.4 is 0 Å². The van der Waals surface area contributed by atoms with Crippen molar-refractivity contribution in [1.82, 2.24) is 4.90 Å². The maximum atomic E-state index is 14.1. The Bertz CT molecular complexity index is 1160. The second-order valence-electron chi connectivity index (χ2n) is 13.8. The first kappa shape index (κ1) is 37.8. The highest BCUT2D eigenvalue weighted by Gasteiger charge is 2.59. The number of ketones is 2. The lowest BCUT2D eigenvalue weighted by Crippen LogP contribution is -2.60. The van der Waals surface area contributed by atoms with Gasteiger partial charge < -0.3 is 38.1 Å². The summed E-state index contributed by atoms with van der Waals surface area (Å²) in [4.78, 5) is 68.2. The predicted octanol–water partition coefficient (Wildman–Crippen LogP) is 3.48. The van der Waals surface area contributed by atoms with Crippen LogP contribution in [-0.2, 0) is 52.3 Å². The number of cyclic esters (lactones) is 1. The maximum Gasteiger partial charge on any atom is 0.509 e. The molecule has 0 N–H and O–H groups in total. The number of rotatable bonds is 6. The number of carbonyl (C=O) groups excluding carboxylic acids is 5. The van der Waals surface area contributed by atoms with Crippen LogP contribution in [0.4, 0.5) is 4.79 Å². The van der Waals surface area contributed by atoms with E-state index in [-0.39, 0.29) is 30.8 Å². The zero-order valence-corrected chi connectivity index (χ0v) is 29.3. The molecule has 0 unspecified atom stereocenters. The Labute approximate surface area is 272 Å². The third-order valence-corrected chi connectivity index (χ3v) is 10.0. The van der Waals surface area contributed by atoms with Gasteiger partial charge in [-0.25, -0.2) is 4.79 Å². The van der Waals surface area contributed by atoms with E-state index in [1.54, 1.807) is 41.5 Å². The molecule has 13 atom stereocenters. The van der Waals surface area contributed by atoms with Crippen LogP contribution in [-0.4, -0.2) is 110 Å². The van der Waals surface area contributed by atoms with Crippen molar-refractivity contribution >= 4 is 29.7 Å². The van der Waals surface area contributed by atoms with Crippen LogP contribution in [0.5, 0.6) is 0 Å². The average Bonchev–Trinajstić information content (AvgIpc) is 3.30. The summed E-state index contributed by atoms with van der Waals surface area (Å²) < 4.78 is 41.6. The summed E-state index contributed by atoms with van der Waals surface area (Å²) in [5, 5.41) is 0. The number of carbonyl (C=O) groups is 5. The van der Waals surface area contributed by atoms with Gasteiger partial charge in [-0.05, 0) is 61.1 Å². The van der Waals surface area contributed by atoms with Crippen molar-refractivity contribution in [2.75, 3.05) is 21.2 Å². The summed E-state index contributed by atoms with van der Waals surface area (Å²) in [6, 6.07) is -0.261. The predicted molar refractivity (Wildman–Crippen MR) is 163 cm³/mol. The first-order valence-electron chi connectivity index (χ1n) is 16.2. The highest BCUT2D eigenvalue weighted by Crippen LogP contribution is 2.42. The molecular weight excluding hydrogens is 602 g/mol. The van der Waals surface area contributed by atoms with Crippen molar-refractivity contribution in [1.29, 1.82) is 0 Å². The smallest absolute Gasteiger partial charge is 0.457 e. The molecule has 3 saturated heterocycles. The van der Waals surface area contributed by atoms with E-state index in [0.717, 1.165) is 0 Å². The maximum absolute atomic E-state index is 14.1. The molecule has 13 nitrogen and oxygen atoms in total. The Morgan fingerprint density at radius 1 is 0.978 bits per heavy atom. The van der Waals surface area contributed by atoms with E-state index in [1.807, 2.05) is 25.9 Å². The quantitative estimate of drug-likeness (QED) is 0.233. The van der Waals surface area contributed by atoms with Crippen LogP contribution in [0, 0.1) is 23.7 Å². The number of methoxy groups -OCH3 is 1. The molecule has 0 bridgehead atoms. The molecule has 0 saturated carbocycles. The molecule has 0 aromatic carbocycles. The van der Waals surface area contributed by atoms with E-state index in [0.29, 0.717) is 6.42 Å². The first-order chi connectivity index (χ1) is 21.3. The van der Waals surface area contributed by atoms with Gasteiger partial charge in [-0.2, -0.15) is 0 Å². The second-order valence-corrected chi connectivity index (χ2v) is 13.8. The topological polar surface area (TPSA) is 153 Å². The molecule has 3 aliphatic heterocycles. The number of hydrogen-bond donors (Lipinski definition) is 0. The van der Waals surface area contributed by atoms with E-state index < -0.39 is 89.5 Å². The third kappa shape index (κ3) is 7.58. The zero-order valence-electron chi connectivity index (χ0n) is 29.3. The summed E-state index contributed by atoms with van der Waals surface area (Å²) in [6.07, 6.45) is -5.40. The molecule has 262 valence electrons. The van der Waals surface area contributed by atoms with Gasteiger partial charge in [-0.3, -0.25) is 19.2 Å². The summed E-state index contributed by atoms with van der Waals surface area (Å²) in [5.74, 6) is -5.77. The van der Waals surface area contributed by atoms with Crippen molar-refractivity contribution in [3.8, 4) is 0 Å². The Hall–Kier alpha value is -2.61. The van der Waals surface area contributed by atoms with Crippen LogP contribution in [0.1, 0.15) is 81.6 Å². The molecule has 3 fully saturated rings. The molecule has 0 aliphatic carbocycles. The van der Waals surface area contributed by atoms with Gasteiger partial charge in [0.25, 0.3) is 0 Å². The highest BCUT2D eigenvalue weighted by molar-refractivity contribution is 6.00. The van der Waals surface area contributed by atoms with Crippen molar-refractivity contribution in [3.63, 3.8) is 0 Å². The Balaban J connectivity index is 2.13. The van der Waals surface area contributed by atoms with Gasteiger partial charge in [0, 0.05) is 25.9 Å². The van der Waals surface area contributed by atoms with Crippen molar-refractivity contribution < 1.29 is 57.1 Å². The van der Waals surface area contributed by atoms with Crippen LogP contribution in [0.3, 0.4) is 0 Å². The van der Waals surface area contributed by atoms with E-state index in [4.69, 9.17) is 33.2 Å². The first-order valence-corrected chi connectivity index (χ1v) is 16.2. The molecule has 3 rings (SSSR count). The molecule has 3 heterocycles. The molecule has 0 radical (unpaired) electrons. The Morgan fingerprint density at radius 2 is 1.61 bits per heavy atom. The van der Waals surface area contributed by atoms with Crippen LogP contribution in [0.15, 0.2) is 0 Å². The fourth-order valence-electron chi connectivity index (χ4n) is 7.35. The fraction of sp³-hybridized carbons (Fsp3) is 0.848. The molecular formula is C33H53NO12. The lowest BCUT2D eigenvalue weighted by molar-refractivity contribution is -0.298. The van der Waals surface area contributed by atoms with Gasteiger partial charge in [0.1, 0.15) is 17.8 Å². The molecule has 0 aromatic rings. The highest BCUT2D eigenvalue weighted by atomic mass is 16.8. The zero-order chi connectivity index (χ0) is 34.9. The summed E-state index contributed by atoms with van der Waals surface area (Å²) in [5.41, 5.74) is -2.75. The Morgan fingerprint density at radius 3 is 2.15 bits per heavy atom. The summed E-state index contributed by atoms with van der Waals surface area (Å²) in [6.45, 7) is 14.7. The average molecular weight is 656 g/mol. The minimum Gasteiger partial charge on any atom is -0.457 e. The summed E-state index contributed by atoms with van der Waals surface area (Å²) in [7, 11) is 5.19. The van der Waals surface area contributed by atoms with E-state index in [9.17, 15) is 24.0 Å². The van der Waals surface area contributed by atoms with Gasteiger partial charge >= 0.3 is 18.1 Å². The number of nitrogens with zero attached hydrogens (tertiary/aromatic N) is 1. The number of Topliss-reactive ketones (excluding diaryl/α,β-unsaturated/α-hetero) is 2. The number of hydrogen-bond acceptors (Lipinski definition) is 13. The van der Waals surface area contributed by atoms with Gasteiger partial charge in [0.05, 0.1) is 29.8 Å². The normalized spacial score (nSPS) is 42.8. The minimum absolute atomic E-state index is 0.0981. The van der Waals surface area contributed by atoms with Gasteiger partial charge in [0.2, 0.25) is 0 Å². The molecule has 3 aliphatic rings. The van der Waals surface area contributed by atoms with Gasteiger partial charge in [0.15, 0.2) is 29.9 Å². The lowest BCUT2D eigenvalue weighted by atomic mass is 9.74. The van der Waals surface area contributed by atoms with E-state index in [1.165, 1.54) is 21.0 Å². The molecule has 0 amide bonds. The number of fused-ring (bicyclic) bond motifs is 1. The lowest BCUT2D eigenvalue weighted by Gasteiger charge is -2.47. The van der Waals surface area contributed by atoms with Crippen molar-refractivity contribution in [2.24, 2.45) is 23.7 Å². The van der Waals surface area contributed by atoms with Crippen molar-refractivity contribution in [2.45, 2.75) is 136 Å². The Kier molecular flexibility index (Phi) is 12.1. The standard InChI is InChI=1S/C33H53NO12/c1-13-23-33(9)28(45-31(39)46-33)18(4)24(36)16(2)15-32(8,40-12)27(19(5)25(37)20(6)29(38)43-23)44-30-26(42-21(7)35)22(34(10)11)14-17(3)41-30/h16-20,22-23,26-28,30H,13-15H2,1-12H3/t16-,17-,18+,19+,20-,22+,23-,26-,27-,28-,30+,32+,33-/m1/s1. The van der Waals surface area contributed by atoms with Crippen molar-refractivity contribution in [3.05, 3.63) is 0 Å². The second kappa shape index (κ2) is 14.7. The molecule has 13 heteroatoms.